The average Bonchev–Trinajstić information content (AvgIpc) is 2.92. The molecule has 0 amide bonds. The molecule has 0 radical (unpaired) electrons. The van der Waals surface area contributed by atoms with Crippen LogP contribution >= 0.6 is 22.9 Å². The molecule has 0 saturated carbocycles. The van der Waals surface area contributed by atoms with Crippen molar-refractivity contribution in [2.45, 2.75) is 19.0 Å². The molecule has 1 aromatic heterocycles. The van der Waals surface area contributed by atoms with E-state index in [-0.39, 0.29) is 0 Å². The van der Waals surface area contributed by atoms with E-state index in [1.807, 2.05) is 6.07 Å². The normalized spacial score (nSPS) is 20.9. The lowest BCUT2D eigenvalue weighted by Gasteiger charge is -2.11. The summed E-state index contributed by atoms with van der Waals surface area (Å²) in [4.78, 5) is 3.62. The van der Waals surface area contributed by atoms with E-state index in [2.05, 4.69) is 35.5 Å². The minimum atomic E-state index is 0.608. The van der Waals surface area contributed by atoms with Gasteiger partial charge in [0.25, 0.3) is 0 Å². The maximum absolute atomic E-state index is 6.43. The van der Waals surface area contributed by atoms with Crippen molar-refractivity contribution in [3.63, 3.8) is 0 Å². The van der Waals surface area contributed by atoms with Crippen LogP contribution in [0.5, 0.6) is 0 Å². The molecule has 1 aliphatic heterocycles. The highest BCUT2D eigenvalue weighted by molar-refractivity contribution is 7.19. The molecule has 96 valence electrons. The Morgan fingerprint density at radius 2 is 2.28 bits per heavy atom. The predicted octanol–water partition coefficient (Wildman–Crippen LogP) is 3.35. The molecule has 0 spiro atoms. The van der Waals surface area contributed by atoms with E-state index in [1.165, 1.54) is 27.9 Å². The van der Waals surface area contributed by atoms with Gasteiger partial charge < -0.3 is 10.2 Å². The lowest BCUT2D eigenvalue weighted by Crippen LogP contribution is -2.30. The molecule has 0 bridgehead atoms. The molecule has 2 heterocycles. The summed E-state index contributed by atoms with van der Waals surface area (Å²) in [5.74, 6) is 0. The van der Waals surface area contributed by atoms with Gasteiger partial charge in [0.15, 0.2) is 0 Å². The highest BCUT2D eigenvalue weighted by Crippen LogP contribution is 2.35. The van der Waals surface area contributed by atoms with Crippen LogP contribution < -0.4 is 5.32 Å². The monoisotopic (exact) mass is 280 g/mol. The fraction of sp³-hybridized carbons (Fsp3) is 0.429. The van der Waals surface area contributed by atoms with Crippen molar-refractivity contribution in [2.75, 3.05) is 20.1 Å². The van der Waals surface area contributed by atoms with E-state index >= 15 is 0 Å². The number of likely N-dealkylation sites (tertiary alicyclic amines) is 1. The number of likely N-dealkylation sites (N-methyl/N-ethyl adjacent to an activating group) is 1. The van der Waals surface area contributed by atoms with E-state index in [4.69, 9.17) is 11.6 Å². The average molecular weight is 281 g/mol. The maximum Gasteiger partial charge on any atom is 0.0636 e. The van der Waals surface area contributed by atoms with Gasteiger partial charge in [0.1, 0.15) is 0 Å². The number of hydrogen-bond acceptors (Lipinski definition) is 3. The third-order valence-electron chi connectivity index (χ3n) is 3.54. The number of thiophene rings is 1. The SMILES string of the molecule is CN1CCC(NCc2sc3ccccc3c2Cl)C1. The van der Waals surface area contributed by atoms with Crippen LogP contribution in [-0.2, 0) is 6.54 Å². The summed E-state index contributed by atoms with van der Waals surface area (Å²) in [7, 11) is 2.17. The number of rotatable bonds is 3. The zero-order valence-electron chi connectivity index (χ0n) is 10.4. The van der Waals surface area contributed by atoms with Crippen molar-refractivity contribution in [1.82, 2.24) is 10.2 Å². The number of halogens is 1. The van der Waals surface area contributed by atoms with Crippen LogP contribution in [-0.4, -0.2) is 31.1 Å². The van der Waals surface area contributed by atoms with E-state index in [9.17, 15) is 0 Å². The number of hydrogen-bond donors (Lipinski definition) is 1. The number of fused-ring (bicyclic) bond motifs is 1. The molecule has 3 rings (SSSR count). The van der Waals surface area contributed by atoms with Gasteiger partial charge in [-0.25, -0.2) is 0 Å². The molecule has 2 aromatic rings. The highest BCUT2D eigenvalue weighted by atomic mass is 35.5. The quantitative estimate of drug-likeness (QED) is 0.928. The topological polar surface area (TPSA) is 15.3 Å². The Morgan fingerprint density at radius 3 is 3.00 bits per heavy atom. The van der Waals surface area contributed by atoms with Crippen LogP contribution in [0.4, 0.5) is 0 Å². The zero-order chi connectivity index (χ0) is 12.5. The van der Waals surface area contributed by atoms with Gasteiger partial charge in [-0.2, -0.15) is 0 Å². The Hall–Kier alpha value is -0.610. The second kappa shape index (κ2) is 5.17. The standard InChI is InChI=1S/C14H17ClN2S/c1-17-7-6-10(9-17)16-8-13-14(15)11-4-2-3-5-12(11)18-13/h2-5,10,16H,6-9H2,1H3. The fourth-order valence-corrected chi connectivity index (χ4v) is 3.97. The summed E-state index contributed by atoms with van der Waals surface area (Å²) in [6.07, 6.45) is 1.24. The third kappa shape index (κ3) is 2.41. The lowest BCUT2D eigenvalue weighted by atomic mass is 10.2. The van der Waals surface area contributed by atoms with Crippen molar-refractivity contribution in [1.29, 1.82) is 0 Å². The number of nitrogens with one attached hydrogen (secondary N) is 1. The molecule has 1 N–H and O–H groups in total. The first-order valence-electron chi connectivity index (χ1n) is 6.32. The molecule has 4 heteroatoms. The Bertz CT molecular complexity index is 552. The lowest BCUT2D eigenvalue weighted by molar-refractivity contribution is 0.398. The predicted molar refractivity (Wildman–Crippen MR) is 79.6 cm³/mol. The molecule has 1 saturated heterocycles. The Labute approximate surface area is 117 Å². The minimum Gasteiger partial charge on any atom is -0.308 e. The molecule has 2 nitrogen and oxygen atoms in total. The van der Waals surface area contributed by atoms with Crippen LogP contribution in [0.1, 0.15) is 11.3 Å². The fourth-order valence-electron chi connectivity index (χ4n) is 2.52. The van der Waals surface area contributed by atoms with Crippen LogP contribution in [0, 0.1) is 0 Å². The first kappa shape index (κ1) is 12.4. The van der Waals surface area contributed by atoms with Crippen LogP contribution in [0.3, 0.4) is 0 Å². The third-order valence-corrected chi connectivity index (χ3v) is 5.26. The Balaban J connectivity index is 1.73. The Kier molecular flexibility index (Phi) is 3.57. The van der Waals surface area contributed by atoms with Gasteiger partial charge in [-0.3, -0.25) is 0 Å². The molecule has 1 aliphatic rings. The van der Waals surface area contributed by atoms with Gasteiger partial charge in [-0.05, 0) is 26.1 Å². The van der Waals surface area contributed by atoms with Gasteiger partial charge >= 0.3 is 0 Å². The second-order valence-electron chi connectivity index (χ2n) is 4.96. The summed E-state index contributed by atoms with van der Waals surface area (Å²) in [5, 5.41) is 5.72. The molecule has 1 aromatic carbocycles. The number of benzene rings is 1. The van der Waals surface area contributed by atoms with E-state index < -0.39 is 0 Å². The number of nitrogens with zero attached hydrogens (tertiary/aromatic N) is 1. The molecule has 1 atom stereocenters. The summed E-state index contributed by atoms with van der Waals surface area (Å²) in [6.45, 7) is 3.22. The summed E-state index contributed by atoms with van der Waals surface area (Å²) in [6, 6.07) is 8.96. The second-order valence-corrected chi connectivity index (χ2v) is 6.48. The van der Waals surface area contributed by atoms with Gasteiger partial charge in [-0.1, -0.05) is 29.8 Å². The minimum absolute atomic E-state index is 0.608. The van der Waals surface area contributed by atoms with Crippen molar-refractivity contribution in [3.8, 4) is 0 Å². The van der Waals surface area contributed by atoms with Crippen molar-refractivity contribution < 1.29 is 0 Å². The summed E-state index contributed by atoms with van der Waals surface area (Å²) >= 11 is 8.23. The maximum atomic E-state index is 6.43. The first-order valence-corrected chi connectivity index (χ1v) is 7.51. The zero-order valence-corrected chi connectivity index (χ0v) is 12.0. The van der Waals surface area contributed by atoms with E-state index in [0.29, 0.717) is 6.04 Å². The Morgan fingerprint density at radius 1 is 1.44 bits per heavy atom. The molecule has 1 fully saturated rings. The largest absolute Gasteiger partial charge is 0.308 e. The van der Waals surface area contributed by atoms with Gasteiger partial charge in [0.2, 0.25) is 0 Å². The molecule has 18 heavy (non-hydrogen) atoms. The molecule has 0 aliphatic carbocycles. The van der Waals surface area contributed by atoms with E-state index in [0.717, 1.165) is 18.1 Å². The van der Waals surface area contributed by atoms with Crippen LogP contribution in [0.15, 0.2) is 24.3 Å². The van der Waals surface area contributed by atoms with Gasteiger partial charge in [0.05, 0.1) is 5.02 Å². The molecular weight excluding hydrogens is 264 g/mol. The van der Waals surface area contributed by atoms with Crippen LogP contribution in [0.2, 0.25) is 5.02 Å². The van der Waals surface area contributed by atoms with E-state index in [1.54, 1.807) is 11.3 Å². The van der Waals surface area contributed by atoms with Crippen LogP contribution in [0.25, 0.3) is 10.1 Å². The van der Waals surface area contributed by atoms with Gasteiger partial charge in [0, 0.05) is 34.1 Å². The first-order chi connectivity index (χ1) is 8.74. The summed E-state index contributed by atoms with van der Waals surface area (Å²) < 4.78 is 1.28. The molecular formula is C14H17ClN2S. The highest BCUT2D eigenvalue weighted by Gasteiger charge is 2.19. The smallest absolute Gasteiger partial charge is 0.0636 e. The van der Waals surface area contributed by atoms with Gasteiger partial charge in [-0.15, -0.1) is 11.3 Å². The molecule has 1 unspecified atom stereocenters. The van der Waals surface area contributed by atoms with Crippen molar-refractivity contribution in [2.24, 2.45) is 0 Å². The van der Waals surface area contributed by atoms with Crippen molar-refractivity contribution >= 4 is 33.0 Å². The summed E-state index contributed by atoms with van der Waals surface area (Å²) in [5.41, 5.74) is 0. The van der Waals surface area contributed by atoms with Crippen molar-refractivity contribution in [3.05, 3.63) is 34.2 Å².